The number of carbonyl (C=O) groups is 1. The lowest BCUT2D eigenvalue weighted by Gasteiger charge is -2.37. The quantitative estimate of drug-likeness (QED) is 0.586. The van der Waals surface area contributed by atoms with Crippen LogP contribution >= 0.6 is 0 Å². The van der Waals surface area contributed by atoms with Gasteiger partial charge in [-0.05, 0) is 52.0 Å². The van der Waals surface area contributed by atoms with E-state index in [1.165, 1.54) is 0 Å². The van der Waals surface area contributed by atoms with Gasteiger partial charge in [0.15, 0.2) is 0 Å². The molecule has 0 aliphatic rings. The second-order valence-corrected chi connectivity index (χ2v) is 7.63. The van der Waals surface area contributed by atoms with E-state index in [0.29, 0.717) is 19.0 Å². The fourth-order valence-electron chi connectivity index (χ4n) is 2.45. The first-order valence-corrected chi connectivity index (χ1v) is 8.86. The van der Waals surface area contributed by atoms with Crippen molar-refractivity contribution in [1.82, 2.24) is 9.97 Å². The molecule has 2 aromatic heterocycles. The van der Waals surface area contributed by atoms with E-state index >= 15 is 0 Å². The first kappa shape index (κ1) is 19.1. The summed E-state index contributed by atoms with van der Waals surface area (Å²) in [7, 11) is 0.363. The molecular weight excluding hydrogens is 341 g/mol. The Morgan fingerprint density at radius 3 is 2.63 bits per heavy atom. The van der Waals surface area contributed by atoms with Crippen molar-refractivity contribution in [2.45, 2.75) is 38.9 Å². The molecule has 0 atom stereocenters. The average Bonchev–Trinajstić information content (AvgIpc) is 3.03. The summed E-state index contributed by atoms with van der Waals surface area (Å²) in [5.74, 6) is 0.259. The number of amides is 1. The van der Waals surface area contributed by atoms with Crippen LogP contribution in [-0.2, 0) is 4.65 Å². The summed E-state index contributed by atoms with van der Waals surface area (Å²) in [6.45, 7) is 7.18. The Labute approximate surface area is 159 Å². The molecule has 1 aromatic carbocycles. The number of hydrogen-bond donors (Lipinski definition) is 3. The molecule has 0 unspecified atom stereocenters. The van der Waals surface area contributed by atoms with E-state index in [1.54, 1.807) is 38.2 Å². The standard InChI is InChI=1S/C20H24BN3O3/c1-19(2,26)20(3,4)27-21-14-9-8-13-11-16(23-15(13)12-14)18(25)24-17-7-5-6-10-22-17/h5-12,21,23,26H,1-4H3,(H,22,24,25). The lowest BCUT2D eigenvalue weighted by molar-refractivity contribution is -0.0893. The SMILES string of the molecule is CC(C)(O)C(C)(C)OBc1ccc2cc(C(=O)Nc3ccccn3)[nH]c2c1. The number of rotatable bonds is 6. The molecule has 2 heterocycles. The van der Waals surface area contributed by atoms with Crippen LogP contribution in [-0.4, -0.2) is 39.7 Å². The van der Waals surface area contributed by atoms with E-state index in [1.807, 2.05) is 38.1 Å². The molecule has 27 heavy (non-hydrogen) atoms. The van der Waals surface area contributed by atoms with Crippen LogP contribution in [0.2, 0.25) is 0 Å². The van der Waals surface area contributed by atoms with Crippen molar-refractivity contribution in [2.24, 2.45) is 0 Å². The summed E-state index contributed by atoms with van der Waals surface area (Å²) in [6.07, 6.45) is 1.63. The van der Waals surface area contributed by atoms with Gasteiger partial charge in [-0.3, -0.25) is 4.79 Å². The number of pyridine rings is 1. The second-order valence-electron chi connectivity index (χ2n) is 7.63. The predicted octanol–water partition coefficient (Wildman–Crippen LogP) is 2.36. The minimum atomic E-state index is -0.958. The zero-order valence-corrected chi connectivity index (χ0v) is 16.0. The Morgan fingerprint density at radius 2 is 1.96 bits per heavy atom. The Morgan fingerprint density at radius 1 is 1.19 bits per heavy atom. The number of hydrogen-bond acceptors (Lipinski definition) is 4. The van der Waals surface area contributed by atoms with Gasteiger partial charge in [0.05, 0.1) is 11.2 Å². The number of nitrogens with zero attached hydrogens (tertiary/aromatic N) is 1. The van der Waals surface area contributed by atoms with Crippen molar-refractivity contribution in [3.63, 3.8) is 0 Å². The summed E-state index contributed by atoms with van der Waals surface area (Å²) in [5, 5.41) is 13.9. The summed E-state index contributed by atoms with van der Waals surface area (Å²) < 4.78 is 5.91. The average molecular weight is 365 g/mol. The maximum Gasteiger partial charge on any atom is 0.309 e. The number of anilines is 1. The fraction of sp³-hybridized carbons (Fsp3) is 0.300. The highest BCUT2D eigenvalue weighted by Gasteiger charge is 2.35. The van der Waals surface area contributed by atoms with Crippen molar-refractivity contribution < 1.29 is 14.6 Å². The molecule has 0 fully saturated rings. The molecule has 0 saturated carbocycles. The molecule has 0 bridgehead atoms. The number of aromatic nitrogens is 2. The molecule has 3 rings (SSSR count). The first-order valence-electron chi connectivity index (χ1n) is 8.86. The molecule has 0 aliphatic carbocycles. The summed E-state index contributed by atoms with van der Waals surface area (Å²) in [4.78, 5) is 19.6. The number of carbonyl (C=O) groups excluding carboxylic acids is 1. The van der Waals surface area contributed by atoms with Crippen molar-refractivity contribution >= 4 is 35.6 Å². The van der Waals surface area contributed by atoms with Crippen LogP contribution in [0.4, 0.5) is 5.82 Å². The largest absolute Gasteiger partial charge is 0.427 e. The van der Waals surface area contributed by atoms with Crippen molar-refractivity contribution in [3.05, 3.63) is 54.4 Å². The van der Waals surface area contributed by atoms with Crippen molar-refractivity contribution in [3.8, 4) is 0 Å². The van der Waals surface area contributed by atoms with Crippen LogP contribution in [0.1, 0.15) is 38.2 Å². The topological polar surface area (TPSA) is 87.2 Å². The lowest BCUT2D eigenvalue weighted by atomic mass is 9.82. The lowest BCUT2D eigenvalue weighted by Crippen LogP contribution is -2.49. The van der Waals surface area contributed by atoms with Gasteiger partial charge in [0.25, 0.3) is 5.91 Å². The maximum atomic E-state index is 12.4. The van der Waals surface area contributed by atoms with Gasteiger partial charge < -0.3 is 20.1 Å². The van der Waals surface area contributed by atoms with Crippen LogP contribution in [0, 0.1) is 0 Å². The first-order chi connectivity index (χ1) is 12.7. The number of nitrogens with one attached hydrogen (secondary N) is 2. The molecule has 140 valence electrons. The zero-order valence-electron chi connectivity index (χ0n) is 16.0. The number of aromatic amines is 1. The number of fused-ring (bicyclic) bond motifs is 1. The minimum absolute atomic E-state index is 0.245. The highest BCUT2D eigenvalue weighted by molar-refractivity contribution is 6.47. The number of aliphatic hydroxyl groups is 1. The summed E-state index contributed by atoms with van der Waals surface area (Å²) in [5.41, 5.74) is 0.623. The van der Waals surface area contributed by atoms with Gasteiger partial charge in [-0.1, -0.05) is 23.7 Å². The monoisotopic (exact) mass is 365 g/mol. The van der Waals surface area contributed by atoms with Gasteiger partial charge >= 0.3 is 7.48 Å². The smallest absolute Gasteiger partial charge is 0.309 e. The molecule has 3 N–H and O–H groups in total. The summed E-state index contributed by atoms with van der Waals surface area (Å²) in [6, 6.07) is 13.0. The molecule has 3 aromatic rings. The van der Waals surface area contributed by atoms with Gasteiger partial charge in [-0.2, -0.15) is 0 Å². The number of H-pyrrole nitrogens is 1. The molecule has 0 saturated heterocycles. The maximum absolute atomic E-state index is 12.4. The second kappa shape index (κ2) is 7.17. The van der Waals surface area contributed by atoms with E-state index in [2.05, 4.69) is 15.3 Å². The number of benzene rings is 1. The molecule has 0 spiro atoms. The molecule has 0 radical (unpaired) electrons. The summed E-state index contributed by atoms with van der Waals surface area (Å²) >= 11 is 0. The van der Waals surface area contributed by atoms with Crippen LogP contribution in [0.5, 0.6) is 0 Å². The fourth-order valence-corrected chi connectivity index (χ4v) is 2.45. The highest BCUT2D eigenvalue weighted by atomic mass is 16.5. The van der Waals surface area contributed by atoms with Gasteiger partial charge in [-0.15, -0.1) is 0 Å². The van der Waals surface area contributed by atoms with E-state index in [-0.39, 0.29) is 5.91 Å². The van der Waals surface area contributed by atoms with Crippen LogP contribution in [0.3, 0.4) is 0 Å². The molecule has 7 heteroatoms. The predicted molar refractivity (Wildman–Crippen MR) is 109 cm³/mol. The molecule has 6 nitrogen and oxygen atoms in total. The van der Waals surface area contributed by atoms with Gasteiger partial charge in [0.1, 0.15) is 11.5 Å². The van der Waals surface area contributed by atoms with Crippen LogP contribution in [0.15, 0.2) is 48.7 Å². The zero-order chi connectivity index (χ0) is 19.7. The third kappa shape index (κ3) is 4.38. The van der Waals surface area contributed by atoms with Crippen LogP contribution in [0.25, 0.3) is 10.9 Å². The normalized spacial score (nSPS) is 12.2. The van der Waals surface area contributed by atoms with E-state index in [4.69, 9.17) is 4.65 Å². The van der Waals surface area contributed by atoms with Gasteiger partial charge in [-0.25, -0.2) is 4.98 Å². The Balaban J connectivity index is 1.74. The van der Waals surface area contributed by atoms with E-state index in [9.17, 15) is 9.90 Å². The van der Waals surface area contributed by atoms with Crippen LogP contribution < -0.4 is 10.8 Å². The molecular formula is C20H24BN3O3. The Hall–Kier alpha value is -2.64. The highest BCUT2D eigenvalue weighted by Crippen LogP contribution is 2.24. The molecule has 0 aliphatic heterocycles. The minimum Gasteiger partial charge on any atom is -0.427 e. The van der Waals surface area contributed by atoms with Crippen molar-refractivity contribution in [2.75, 3.05) is 5.32 Å². The van der Waals surface area contributed by atoms with Gasteiger partial charge in [0, 0.05) is 17.1 Å². The Bertz CT molecular complexity index is 946. The van der Waals surface area contributed by atoms with E-state index in [0.717, 1.165) is 16.4 Å². The van der Waals surface area contributed by atoms with Gasteiger partial charge in [0.2, 0.25) is 0 Å². The third-order valence-corrected chi connectivity index (χ3v) is 4.91. The molecule has 1 amide bonds. The van der Waals surface area contributed by atoms with E-state index < -0.39 is 11.2 Å². The third-order valence-electron chi connectivity index (χ3n) is 4.91. The van der Waals surface area contributed by atoms with Crippen molar-refractivity contribution in [1.29, 1.82) is 0 Å². The Kier molecular flexibility index (Phi) is 5.08.